The van der Waals surface area contributed by atoms with Crippen LogP contribution in [0.3, 0.4) is 0 Å². The Labute approximate surface area is 94.5 Å². The maximum absolute atomic E-state index is 11.2. The Morgan fingerprint density at radius 1 is 1.38 bits per heavy atom. The van der Waals surface area contributed by atoms with Crippen molar-refractivity contribution in [2.75, 3.05) is 13.1 Å². The van der Waals surface area contributed by atoms with Crippen LogP contribution in [-0.2, 0) is 14.4 Å². The number of imide groups is 1. The van der Waals surface area contributed by atoms with Crippen molar-refractivity contribution in [3.8, 4) is 0 Å². The molecule has 0 saturated carbocycles. The highest BCUT2D eigenvalue weighted by Crippen LogP contribution is 2.12. The zero-order chi connectivity index (χ0) is 12.0. The Kier molecular flexibility index (Phi) is 4.69. The number of carbonyl (C=O) groups excluding carboxylic acids is 3. The Morgan fingerprint density at radius 3 is 2.56 bits per heavy atom. The zero-order valence-electron chi connectivity index (χ0n) is 9.20. The van der Waals surface area contributed by atoms with Crippen LogP contribution >= 0.6 is 0 Å². The van der Waals surface area contributed by atoms with Crippen LogP contribution in [0.4, 0.5) is 0 Å². The van der Waals surface area contributed by atoms with Crippen molar-refractivity contribution in [1.29, 1.82) is 0 Å². The number of hydrogen-bond donors (Lipinski definition) is 1. The van der Waals surface area contributed by atoms with E-state index in [4.69, 9.17) is 0 Å². The molecule has 0 radical (unpaired) electrons. The molecule has 1 heterocycles. The average Bonchev–Trinajstić information content (AvgIpc) is 2.57. The summed E-state index contributed by atoms with van der Waals surface area (Å²) in [5.74, 6) is -0.341. The van der Waals surface area contributed by atoms with Gasteiger partial charge in [-0.1, -0.05) is 6.08 Å². The van der Waals surface area contributed by atoms with Gasteiger partial charge in [-0.05, 0) is 6.42 Å². The Morgan fingerprint density at radius 2 is 2.00 bits per heavy atom. The first-order chi connectivity index (χ1) is 7.65. The molecule has 0 atom stereocenters. The molecule has 1 aliphatic heterocycles. The smallest absolute Gasteiger partial charge is 0.229 e. The molecular weight excluding hydrogens is 208 g/mol. The van der Waals surface area contributed by atoms with E-state index in [1.165, 1.54) is 4.90 Å². The molecule has 16 heavy (non-hydrogen) atoms. The van der Waals surface area contributed by atoms with Gasteiger partial charge in [0.2, 0.25) is 17.7 Å². The second-order valence-electron chi connectivity index (χ2n) is 3.64. The van der Waals surface area contributed by atoms with Gasteiger partial charge in [0.25, 0.3) is 0 Å². The van der Waals surface area contributed by atoms with E-state index in [9.17, 15) is 14.4 Å². The lowest BCUT2D eigenvalue weighted by molar-refractivity contribution is -0.138. The van der Waals surface area contributed by atoms with Crippen LogP contribution < -0.4 is 5.32 Å². The van der Waals surface area contributed by atoms with Crippen LogP contribution in [0.15, 0.2) is 12.7 Å². The van der Waals surface area contributed by atoms with E-state index in [0.29, 0.717) is 38.8 Å². The minimum absolute atomic E-state index is 0.0843. The Hall–Kier alpha value is -1.65. The van der Waals surface area contributed by atoms with Crippen LogP contribution in [0.1, 0.15) is 25.7 Å². The predicted molar refractivity (Wildman–Crippen MR) is 58.4 cm³/mol. The van der Waals surface area contributed by atoms with E-state index in [1.54, 1.807) is 6.08 Å². The Bertz CT molecular complexity index is 296. The minimum Gasteiger partial charge on any atom is -0.353 e. The quantitative estimate of drug-likeness (QED) is 0.518. The summed E-state index contributed by atoms with van der Waals surface area (Å²) in [6.07, 6.45) is 3.06. The van der Waals surface area contributed by atoms with Crippen molar-refractivity contribution >= 4 is 17.7 Å². The molecule has 1 fully saturated rings. The molecule has 88 valence electrons. The SMILES string of the molecule is C=CCNC(=O)CCCN1C(=O)CCC1=O. The molecule has 0 spiro atoms. The number of nitrogens with one attached hydrogen (secondary N) is 1. The highest BCUT2D eigenvalue weighted by Gasteiger charge is 2.28. The van der Waals surface area contributed by atoms with Gasteiger partial charge >= 0.3 is 0 Å². The normalized spacial score (nSPS) is 15.4. The van der Waals surface area contributed by atoms with Gasteiger partial charge in [0.1, 0.15) is 0 Å². The average molecular weight is 224 g/mol. The molecule has 0 unspecified atom stereocenters. The monoisotopic (exact) mass is 224 g/mol. The Balaban J connectivity index is 2.19. The van der Waals surface area contributed by atoms with E-state index in [1.807, 2.05) is 0 Å². The first kappa shape index (κ1) is 12.4. The molecule has 0 aliphatic carbocycles. The summed E-state index contributed by atoms with van der Waals surface area (Å²) in [6.45, 7) is 4.27. The number of carbonyl (C=O) groups is 3. The van der Waals surface area contributed by atoms with Gasteiger partial charge in [-0.3, -0.25) is 19.3 Å². The summed E-state index contributed by atoms with van der Waals surface area (Å²) in [5.41, 5.74) is 0. The van der Waals surface area contributed by atoms with Crippen LogP contribution in [-0.4, -0.2) is 35.7 Å². The molecule has 0 aromatic heterocycles. The van der Waals surface area contributed by atoms with Gasteiger partial charge in [-0.15, -0.1) is 6.58 Å². The van der Waals surface area contributed by atoms with Crippen molar-refractivity contribution in [1.82, 2.24) is 10.2 Å². The molecule has 1 saturated heterocycles. The van der Waals surface area contributed by atoms with E-state index < -0.39 is 0 Å². The third-order valence-electron chi connectivity index (χ3n) is 2.38. The van der Waals surface area contributed by atoms with Crippen LogP contribution in [0, 0.1) is 0 Å². The second kappa shape index (κ2) is 6.05. The first-order valence-corrected chi connectivity index (χ1v) is 5.36. The summed E-state index contributed by atoms with van der Waals surface area (Å²) < 4.78 is 0. The molecule has 0 bridgehead atoms. The third kappa shape index (κ3) is 3.49. The highest BCUT2D eigenvalue weighted by atomic mass is 16.2. The molecule has 5 nitrogen and oxygen atoms in total. The van der Waals surface area contributed by atoms with E-state index in [2.05, 4.69) is 11.9 Å². The molecule has 3 amide bonds. The van der Waals surface area contributed by atoms with Crippen molar-refractivity contribution in [2.24, 2.45) is 0 Å². The van der Waals surface area contributed by atoms with Crippen molar-refractivity contribution in [3.05, 3.63) is 12.7 Å². The molecule has 1 N–H and O–H groups in total. The highest BCUT2D eigenvalue weighted by molar-refractivity contribution is 6.01. The van der Waals surface area contributed by atoms with Crippen LogP contribution in [0.25, 0.3) is 0 Å². The molecule has 1 rings (SSSR count). The van der Waals surface area contributed by atoms with E-state index >= 15 is 0 Å². The number of hydrogen-bond acceptors (Lipinski definition) is 3. The largest absolute Gasteiger partial charge is 0.353 e. The number of amides is 3. The fraction of sp³-hybridized carbons (Fsp3) is 0.545. The summed E-state index contributed by atoms with van der Waals surface area (Å²) in [6, 6.07) is 0. The molecule has 0 aromatic rings. The summed E-state index contributed by atoms with van der Waals surface area (Å²) in [4.78, 5) is 34.9. The second-order valence-corrected chi connectivity index (χ2v) is 3.64. The molecule has 5 heteroatoms. The van der Waals surface area contributed by atoms with Gasteiger partial charge in [0.05, 0.1) is 0 Å². The van der Waals surface area contributed by atoms with Crippen molar-refractivity contribution in [3.63, 3.8) is 0 Å². The zero-order valence-corrected chi connectivity index (χ0v) is 9.20. The summed E-state index contributed by atoms with van der Waals surface area (Å²) in [7, 11) is 0. The molecular formula is C11H16N2O3. The summed E-state index contributed by atoms with van der Waals surface area (Å²) >= 11 is 0. The topological polar surface area (TPSA) is 66.5 Å². The minimum atomic E-state index is -0.128. The maximum Gasteiger partial charge on any atom is 0.229 e. The molecule has 1 aliphatic rings. The van der Waals surface area contributed by atoms with E-state index in [-0.39, 0.29) is 17.7 Å². The number of likely N-dealkylation sites (tertiary alicyclic amines) is 1. The van der Waals surface area contributed by atoms with Gasteiger partial charge in [-0.2, -0.15) is 0 Å². The van der Waals surface area contributed by atoms with E-state index in [0.717, 1.165) is 0 Å². The standard InChI is InChI=1S/C11H16N2O3/c1-2-7-12-9(14)4-3-8-13-10(15)5-6-11(13)16/h2H,1,3-8H2,(H,12,14). The summed E-state index contributed by atoms with van der Waals surface area (Å²) in [5, 5.41) is 2.63. The van der Waals surface area contributed by atoms with Crippen LogP contribution in [0.5, 0.6) is 0 Å². The number of nitrogens with zero attached hydrogens (tertiary/aromatic N) is 1. The number of rotatable bonds is 6. The van der Waals surface area contributed by atoms with Gasteiger partial charge in [0, 0.05) is 32.4 Å². The fourth-order valence-corrected chi connectivity index (χ4v) is 1.54. The maximum atomic E-state index is 11.2. The first-order valence-electron chi connectivity index (χ1n) is 5.36. The predicted octanol–water partition coefficient (Wildman–Crippen LogP) is 0.218. The van der Waals surface area contributed by atoms with Crippen LogP contribution in [0.2, 0.25) is 0 Å². The fourth-order valence-electron chi connectivity index (χ4n) is 1.54. The lowest BCUT2D eigenvalue weighted by Crippen LogP contribution is -2.31. The van der Waals surface area contributed by atoms with Crippen molar-refractivity contribution < 1.29 is 14.4 Å². The van der Waals surface area contributed by atoms with Gasteiger partial charge < -0.3 is 5.32 Å². The lowest BCUT2D eigenvalue weighted by Gasteiger charge is -2.12. The van der Waals surface area contributed by atoms with Gasteiger partial charge in [0.15, 0.2) is 0 Å². The van der Waals surface area contributed by atoms with Crippen molar-refractivity contribution in [2.45, 2.75) is 25.7 Å². The molecule has 0 aromatic carbocycles. The van der Waals surface area contributed by atoms with Gasteiger partial charge in [-0.25, -0.2) is 0 Å². The third-order valence-corrected chi connectivity index (χ3v) is 2.38. The lowest BCUT2D eigenvalue weighted by atomic mass is 10.3.